The standard InChI is InChI=1S/C24H20N2/c1-17(2)22-20-15-9-10-16-21(20)25-24(19-13-7-4-8-14-19)26-23(22)18-11-5-3-6-12-18/h3-16H,1-2H3. The fourth-order valence-corrected chi connectivity index (χ4v) is 3.24. The maximum absolute atomic E-state index is 5.04. The lowest BCUT2D eigenvalue weighted by Gasteiger charge is -2.14. The first-order valence-electron chi connectivity index (χ1n) is 8.79. The van der Waals surface area contributed by atoms with Crippen molar-refractivity contribution in [1.82, 2.24) is 0 Å². The molecule has 4 rings (SSSR count). The lowest BCUT2D eigenvalue weighted by molar-refractivity contribution is 1.39. The van der Waals surface area contributed by atoms with Gasteiger partial charge in [-0.15, -0.1) is 0 Å². The van der Waals surface area contributed by atoms with E-state index in [9.17, 15) is 0 Å². The van der Waals surface area contributed by atoms with Crippen molar-refractivity contribution >= 4 is 22.8 Å². The predicted molar refractivity (Wildman–Crippen MR) is 110 cm³/mol. The van der Waals surface area contributed by atoms with E-state index >= 15 is 0 Å². The molecule has 126 valence electrons. The van der Waals surface area contributed by atoms with Gasteiger partial charge in [0.2, 0.25) is 0 Å². The highest BCUT2D eigenvalue weighted by atomic mass is 14.9. The monoisotopic (exact) mass is 336 g/mol. The van der Waals surface area contributed by atoms with E-state index in [2.05, 4.69) is 68.4 Å². The zero-order valence-corrected chi connectivity index (χ0v) is 15.0. The highest BCUT2D eigenvalue weighted by Gasteiger charge is 2.21. The summed E-state index contributed by atoms with van der Waals surface area (Å²) in [5.41, 5.74) is 7.55. The normalized spacial score (nSPS) is 13.4. The first-order chi connectivity index (χ1) is 12.7. The first kappa shape index (κ1) is 16.2. The summed E-state index contributed by atoms with van der Waals surface area (Å²) in [5.74, 6) is 0.744. The third-order valence-electron chi connectivity index (χ3n) is 4.43. The maximum Gasteiger partial charge on any atom is 0.160 e. The SMILES string of the molecule is CC(C)=C1C(c2ccccc2)=NC(c2ccccc2)=Nc2ccccc21. The number of hydrogen-bond acceptors (Lipinski definition) is 2. The summed E-state index contributed by atoms with van der Waals surface area (Å²) in [7, 11) is 0. The van der Waals surface area contributed by atoms with Crippen molar-refractivity contribution in [1.29, 1.82) is 0 Å². The molecular weight excluding hydrogens is 316 g/mol. The van der Waals surface area contributed by atoms with Crippen molar-refractivity contribution in [2.45, 2.75) is 13.8 Å². The van der Waals surface area contributed by atoms with Crippen LogP contribution >= 0.6 is 0 Å². The highest BCUT2D eigenvalue weighted by molar-refractivity contribution is 6.36. The van der Waals surface area contributed by atoms with E-state index in [1.165, 1.54) is 5.57 Å². The average molecular weight is 336 g/mol. The minimum Gasteiger partial charge on any atom is -0.228 e. The second kappa shape index (κ2) is 6.93. The molecule has 1 heterocycles. The molecule has 0 amide bonds. The maximum atomic E-state index is 5.04. The van der Waals surface area contributed by atoms with Crippen LogP contribution in [-0.4, -0.2) is 11.5 Å². The number of rotatable bonds is 2. The van der Waals surface area contributed by atoms with Crippen molar-refractivity contribution < 1.29 is 0 Å². The van der Waals surface area contributed by atoms with Crippen LogP contribution in [0.25, 0.3) is 5.57 Å². The van der Waals surface area contributed by atoms with Gasteiger partial charge in [-0.25, -0.2) is 9.98 Å². The van der Waals surface area contributed by atoms with Crippen LogP contribution in [0, 0.1) is 0 Å². The third kappa shape index (κ3) is 3.02. The molecule has 0 N–H and O–H groups in total. The number of hydrogen-bond donors (Lipinski definition) is 0. The Morgan fingerprint density at radius 3 is 1.85 bits per heavy atom. The van der Waals surface area contributed by atoms with Gasteiger partial charge in [0.05, 0.1) is 11.4 Å². The number of benzene rings is 3. The van der Waals surface area contributed by atoms with E-state index in [0.29, 0.717) is 0 Å². The van der Waals surface area contributed by atoms with Crippen molar-refractivity contribution in [3.8, 4) is 0 Å². The molecule has 26 heavy (non-hydrogen) atoms. The number of nitrogens with zero attached hydrogens (tertiary/aromatic N) is 2. The number of amidine groups is 1. The van der Waals surface area contributed by atoms with Crippen molar-refractivity contribution in [2.24, 2.45) is 9.98 Å². The Labute approximate surface area is 154 Å². The van der Waals surface area contributed by atoms with Crippen LogP contribution in [0.15, 0.2) is 100 Å². The molecule has 0 aliphatic carbocycles. The highest BCUT2D eigenvalue weighted by Crippen LogP contribution is 2.34. The summed E-state index contributed by atoms with van der Waals surface area (Å²) in [6.07, 6.45) is 0. The molecule has 0 spiro atoms. The molecule has 0 atom stereocenters. The first-order valence-corrected chi connectivity index (χ1v) is 8.79. The van der Waals surface area contributed by atoms with Crippen LogP contribution in [0.2, 0.25) is 0 Å². The Morgan fingerprint density at radius 1 is 0.615 bits per heavy atom. The van der Waals surface area contributed by atoms with E-state index in [1.54, 1.807) is 0 Å². The summed E-state index contributed by atoms with van der Waals surface area (Å²) in [4.78, 5) is 9.95. The molecule has 3 aromatic carbocycles. The zero-order chi connectivity index (χ0) is 17.9. The van der Waals surface area contributed by atoms with Crippen LogP contribution in [0.5, 0.6) is 0 Å². The molecule has 2 heteroatoms. The van der Waals surface area contributed by atoms with Gasteiger partial charge in [-0.05, 0) is 19.9 Å². The van der Waals surface area contributed by atoms with E-state index in [0.717, 1.165) is 39.5 Å². The minimum atomic E-state index is 0.744. The summed E-state index contributed by atoms with van der Waals surface area (Å²) in [6, 6.07) is 28.8. The van der Waals surface area contributed by atoms with E-state index < -0.39 is 0 Å². The Morgan fingerprint density at radius 2 is 1.19 bits per heavy atom. The van der Waals surface area contributed by atoms with Crippen LogP contribution in [0.3, 0.4) is 0 Å². The van der Waals surface area contributed by atoms with Gasteiger partial charge >= 0.3 is 0 Å². The number of para-hydroxylation sites is 1. The van der Waals surface area contributed by atoms with E-state index in [1.807, 2.05) is 30.3 Å². The smallest absolute Gasteiger partial charge is 0.160 e. The van der Waals surface area contributed by atoms with Gasteiger partial charge in [-0.3, -0.25) is 0 Å². The van der Waals surface area contributed by atoms with E-state index in [4.69, 9.17) is 9.98 Å². The molecule has 0 bridgehead atoms. The van der Waals surface area contributed by atoms with Gasteiger partial charge in [0, 0.05) is 22.3 Å². The van der Waals surface area contributed by atoms with Crippen molar-refractivity contribution in [2.75, 3.05) is 0 Å². The summed E-state index contributed by atoms with van der Waals surface area (Å²) in [5, 5.41) is 0. The Kier molecular flexibility index (Phi) is 4.32. The fraction of sp³-hybridized carbons (Fsp3) is 0.0833. The molecule has 0 saturated carbocycles. The predicted octanol–water partition coefficient (Wildman–Crippen LogP) is 6.06. The second-order valence-corrected chi connectivity index (χ2v) is 6.52. The van der Waals surface area contributed by atoms with Gasteiger partial charge in [0.25, 0.3) is 0 Å². The van der Waals surface area contributed by atoms with Gasteiger partial charge in [0.1, 0.15) is 0 Å². The van der Waals surface area contributed by atoms with Crippen LogP contribution in [0.1, 0.15) is 30.5 Å². The van der Waals surface area contributed by atoms with Gasteiger partial charge in [-0.1, -0.05) is 84.4 Å². The second-order valence-electron chi connectivity index (χ2n) is 6.52. The number of aliphatic imine (C=N–C) groups is 2. The molecule has 1 aliphatic heterocycles. The summed E-state index contributed by atoms with van der Waals surface area (Å²) >= 11 is 0. The van der Waals surface area contributed by atoms with Crippen molar-refractivity contribution in [3.05, 3.63) is 107 Å². The number of fused-ring (bicyclic) bond motifs is 1. The van der Waals surface area contributed by atoms with Crippen LogP contribution in [-0.2, 0) is 0 Å². The van der Waals surface area contributed by atoms with Crippen molar-refractivity contribution in [3.63, 3.8) is 0 Å². The molecule has 0 saturated heterocycles. The Balaban J connectivity index is 2.04. The third-order valence-corrected chi connectivity index (χ3v) is 4.43. The minimum absolute atomic E-state index is 0.744. The van der Waals surface area contributed by atoms with Gasteiger partial charge in [0.15, 0.2) is 5.84 Å². The quantitative estimate of drug-likeness (QED) is 0.543. The zero-order valence-electron chi connectivity index (χ0n) is 15.0. The lowest BCUT2D eigenvalue weighted by atomic mass is 9.91. The van der Waals surface area contributed by atoms with Crippen LogP contribution < -0.4 is 0 Å². The molecular formula is C24H20N2. The molecule has 0 radical (unpaired) electrons. The Hall–Kier alpha value is -3.26. The summed E-state index contributed by atoms with van der Waals surface area (Å²) in [6.45, 7) is 4.27. The average Bonchev–Trinajstić information content (AvgIpc) is 2.86. The molecule has 1 aliphatic rings. The van der Waals surface area contributed by atoms with E-state index in [-0.39, 0.29) is 0 Å². The molecule has 0 unspecified atom stereocenters. The number of allylic oxidation sites excluding steroid dienone is 2. The van der Waals surface area contributed by atoms with Gasteiger partial charge < -0.3 is 0 Å². The molecule has 0 fully saturated rings. The fourth-order valence-electron chi connectivity index (χ4n) is 3.24. The summed E-state index contributed by atoms with van der Waals surface area (Å²) < 4.78 is 0. The van der Waals surface area contributed by atoms with Gasteiger partial charge in [-0.2, -0.15) is 0 Å². The lowest BCUT2D eigenvalue weighted by Crippen LogP contribution is -2.08. The van der Waals surface area contributed by atoms with Crippen LogP contribution in [0.4, 0.5) is 5.69 Å². The largest absolute Gasteiger partial charge is 0.228 e. The Bertz CT molecular complexity index is 1020. The molecule has 2 nitrogen and oxygen atoms in total. The molecule has 0 aromatic heterocycles. The topological polar surface area (TPSA) is 24.7 Å². The molecule has 3 aromatic rings.